The summed E-state index contributed by atoms with van der Waals surface area (Å²) in [5.74, 6) is -1.54. The maximum atomic E-state index is 12.4. The Morgan fingerprint density at radius 1 is 1.23 bits per heavy atom. The van der Waals surface area contributed by atoms with E-state index < -0.39 is 29.3 Å². The summed E-state index contributed by atoms with van der Waals surface area (Å²) in [4.78, 5) is 38.1. The van der Waals surface area contributed by atoms with Gasteiger partial charge < -0.3 is 15.5 Å². The standard InChI is InChI=1S/C19H24N4O3/c1-19(2,3)22-16(24)10-17(25)23-12-13(9-15(23)11-20)18(26)21-14-7-5-4-6-8-14/h4-8,13,15H,9-10,12H2,1-3H3,(H,21,26)(H,22,24). The van der Waals surface area contributed by atoms with Crippen LogP contribution in [0.4, 0.5) is 5.69 Å². The summed E-state index contributed by atoms with van der Waals surface area (Å²) < 4.78 is 0. The van der Waals surface area contributed by atoms with Crippen molar-refractivity contribution in [3.8, 4) is 6.07 Å². The number of para-hydroxylation sites is 1. The number of rotatable bonds is 4. The van der Waals surface area contributed by atoms with E-state index >= 15 is 0 Å². The van der Waals surface area contributed by atoms with Crippen molar-refractivity contribution >= 4 is 23.4 Å². The van der Waals surface area contributed by atoms with Crippen molar-refractivity contribution in [1.82, 2.24) is 10.2 Å². The van der Waals surface area contributed by atoms with Gasteiger partial charge in [-0.3, -0.25) is 14.4 Å². The molecule has 0 bridgehead atoms. The molecule has 1 saturated heterocycles. The van der Waals surface area contributed by atoms with Crippen LogP contribution in [0, 0.1) is 17.2 Å². The van der Waals surface area contributed by atoms with Gasteiger partial charge in [0.1, 0.15) is 12.5 Å². The molecule has 2 unspecified atom stereocenters. The Kier molecular flexibility index (Phi) is 5.98. The monoisotopic (exact) mass is 356 g/mol. The molecule has 1 fully saturated rings. The van der Waals surface area contributed by atoms with Crippen molar-refractivity contribution in [2.45, 2.75) is 45.2 Å². The highest BCUT2D eigenvalue weighted by Gasteiger charge is 2.39. The third-order valence-electron chi connectivity index (χ3n) is 4.01. The van der Waals surface area contributed by atoms with Crippen molar-refractivity contribution in [2.24, 2.45) is 5.92 Å². The van der Waals surface area contributed by atoms with E-state index in [1.807, 2.05) is 39.0 Å². The van der Waals surface area contributed by atoms with Gasteiger partial charge in [0.05, 0.1) is 12.0 Å². The molecule has 2 rings (SSSR count). The summed E-state index contributed by atoms with van der Waals surface area (Å²) >= 11 is 0. The van der Waals surface area contributed by atoms with E-state index in [2.05, 4.69) is 16.7 Å². The summed E-state index contributed by atoms with van der Waals surface area (Å²) in [5, 5.41) is 14.8. The molecule has 0 spiro atoms. The van der Waals surface area contributed by atoms with Crippen LogP contribution in [0.5, 0.6) is 0 Å². The van der Waals surface area contributed by atoms with Crippen molar-refractivity contribution in [3.63, 3.8) is 0 Å². The van der Waals surface area contributed by atoms with Crippen LogP contribution in [0.3, 0.4) is 0 Å². The van der Waals surface area contributed by atoms with Crippen molar-refractivity contribution < 1.29 is 14.4 Å². The number of likely N-dealkylation sites (tertiary alicyclic amines) is 1. The molecule has 1 aliphatic rings. The predicted octanol–water partition coefficient (Wildman–Crippen LogP) is 1.67. The van der Waals surface area contributed by atoms with E-state index in [1.165, 1.54) is 4.90 Å². The first kappa shape index (κ1) is 19.4. The number of benzene rings is 1. The molecule has 0 aromatic heterocycles. The highest BCUT2D eigenvalue weighted by atomic mass is 16.2. The minimum Gasteiger partial charge on any atom is -0.351 e. The molecule has 1 heterocycles. The lowest BCUT2D eigenvalue weighted by molar-refractivity contribution is -0.136. The highest BCUT2D eigenvalue weighted by molar-refractivity contribution is 5.98. The third-order valence-corrected chi connectivity index (χ3v) is 4.01. The van der Waals surface area contributed by atoms with Gasteiger partial charge in [-0.05, 0) is 39.3 Å². The maximum absolute atomic E-state index is 12.4. The number of nitriles is 1. The van der Waals surface area contributed by atoms with Crippen LogP contribution >= 0.6 is 0 Å². The first-order valence-corrected chi connectivity index (χ1v) is 8.55. The second-order valence-corrected chi connectivity index (χ2v) is 7.45. The lowest BCUT2D eigenvalue weighted by Crippen LogP contribution is -2.44. The second-order valence-electron chi connectivity index (χ2n) is 7.45. The smallest absolute Gasteiger partial charge is 0.233 e. The fraction of sp³-hybridized carbons (Fsp3) is 0.474. The molecular formula is C19H24N4O3. The van der Waals surface area contributed by atoms with Gasteiger partial charge in [0.25, 0.3) is 0 Å². The van der Waals surface area contributed by atoms with Crippen LogP contribution in [0.1, 0.15) is 33.6 Å². The summed E-state index contributed by atoms with van der Waals surface area (Å²) in [7, 11) is 0. The Morgan fingerprint density at radius 2 is 1.88 bits per heavy atom. The Balaban J connectivity index is 1.97. The minimum absolute atomic E-state index is 0.137. The van der Waals surface area contributed by atoms with Crippen LogP contribution < -0.4 is 10.6 Å². The van der Waals surface area contributed by atoms with Crippen molar-refractivity contribution in [3.05, 3.63) is 30.3 Å². The number of hydrogen-bond acceptors (Lipinski definition) is 4. The molecule has 2 N–H and O–H groups in total. The van der Waals surface area contributed by atoms with Gasteiger partial charge >= 0.3 is 0 Å². The van der Waals surface area contributed by atoms with Gasteiger partial charge in [-0.1, -0.05) is 18.2 Å². The predicted molar refractivity (Wildman–Crippen MR) is 96.8 cm³/mol. The van der Waals surface area contributed by atoms with Gasteiger partial charge in [0.15, 0.2) is 0 Å². The third kappa shape index (κ3) is 5.31. The molecule has 7 heteroatoms. The Morgan fingerprint density at radius 3 is 2.46 bits per heavy atom. The molecule has 2 atom stereocenters. The average Bonchev–Trinajstić information content (AvgIpc) is 2.98. The molecule has 1 aliphatic heterocycles. The lowest BCUT2D eigenvalue weighted by atomic mass is 10.1. The van der Waals surface area contributed by atoms with Gasteiger partial charge in [-0.15, -0.1) is 0 Å². The largest absolute Gasteiger partial charge is 0.351 e. The van der Waals surface area contributed by atoms with Crippen LogP contribution in [0.25, 0.3) is 0 Å². The van der Waals surface area contributed by atoms with Crippen LogP contribution in [0.2, 0.25) is 0 Å². The van der Waals surface area contributed by atoms with E-state index in [0.29, 0.717) is 5.69 Å². The molecule has 3 amide bonds. The number of carbonyl (C=O) groups is 3. The summed E-state index contributed by atoms with van der Waals surface area (Å²) in [6.45, 7) is 5.62. The van der Waals surface area contributed by atoms with Crippen LogP contribution in [-0.4, -0.2) is 40.7 Å². The Bertz CT molecular complexity index is 719. The summed E-state index contributed by atoms with van der Waals surface area (Å²) in [6, 6.07) is 10.4. The van der Waals surface area contributed by atoms with Crippen LogP contribution in [-0.2, 0) is 14.4 Å². The lowest BCUT2D eigenvalue weighted by Gasteiger charge is -2.23. The molecule has 1 aromatic rings. The van der Waals surface area contributed by atoms with Crippen molar-refractivity contribution in [1.29, 1.82) is 5.26 Å². The molecular weight excluding hydrogens is 332 g/mol. The minimum atomic E-state index is -0.698. The highest BCUT2D eigenvalue weighted by Crippen LogP contribution is 2.25. The Labute approximate surface area is 153 Å². The number of nitrogens with one attached hydrogen (secondary N) is 2. The zero-order valence-electron chi connectivity index (χ0n) is 15.3. The van der Waals surface area contributed by atoms with Crippen LogP contribution in [0.15, 0.2) is 30.3 Å². The maximum Gasteiger partial charge on any atom is 0.233 e. The SMILES string of the molecule is CC(C)(C)NC(=O)CC(=O)N1CC(C(=O)Nc2ccccc2)CC1C#N. The Hall–Kier alpha value is -2.88. The van der Waals surface area contributed by atoms with E-state index in [9.17, 15) is 19.6 Å². The van der Waals surface area contributed by atoms with Gasteiger partial charge in [0.2, 0.25) is 17.7 Å². The average molecular weight is 356 g/mol. The second kappa shape index (κ2) is 8.00. The van der Waals surface area contributed by atoms with Crippen molar-refractivity contribution in [2.75, 3.05) is 11.9 Å². The van der Waals surface area contributed by atoms with Gasteiger partial charge in [-0.25, -0.2) is 0 Å². The molecule has 1 aromatic carbocycles. The molecule has 0 radical (unpaired) electrons. The van der Waals surface area contributed by atoms with E-state index in [-0.39, 0.29) is 25.3 Å². The first-order valence-electron chi connectivity index (χ1n) is 8.55. The first-order chi connectivity index (χ1) is 12.2. The quantitative estimate of drug-likeness (QED) is 0.801. The number of carbonyl (C=O) groups excluding carboxylic acids is 3. The van der Waals surface area contributed by atoms with Gasteiger partial charge in [-0.2, -0.15) is 5.26 Å². The topological polar surface area (TPSA) is 102 Å². The van der Waals surface area contributed by atoms with Gasteiger partial charge in [0, 0.05) is 17.8 Å². The zero-order chi connectivity index (χ0) is 19.3. The molecule has 0 aliphatic carbocycles. The summed E-state index contributed by atoms with van der Waals surface area (Å²) in [5.41, 5.74) is 0.232. The van der Waals surface area contributed by atoms with E-state index in [0.717, 1.165) is 0 Å². The normalized spacial score (nSPS) is 19.5. The zero-order valence-corrected chi connectivity index (χ0v) is 15.3. The fourth-order valence-electron chi connectivity index (χ4n) is 2.89. The molecule has 7 nitrogen and oxygen atoms in total. The molecule has 0 saturated carbocycles. The summed E-state index contributed by atoms with van der Waals surface area (Å²) in [6.07, 6.45) is -0.0652. The number of amides is 3. The van der Waals surface area contributed by atoms with E-state index in [4.69, 9.17) is 0 Å². The molecule has 138 valence electrons. The number of nitrogens with zero attached hydrogens (tertiary/aromatic N) is 2. The fourth-order valence-corrected chi connectivity index (χ4v) is 2.89. The van der Waals surface area contributed by atoms with E-state index in [1.54, 1.807) is 12.1 Å². The number of hydrogen-bond donors (Lipinski definition) is 2. The number of anilines is 1. The molecule has 26 heavy (non-hydrogen) atoms.